The number of pyridine rings is 1. The first-order chi connectivity index (χ1) is 10.1. The first kappa shape index (κ1) is 14.9. The molecule has 0 atom stereocenters. The Morgan fingerprint density at radius 2 is 2.00 bits per heavy atom. The number of hydrogen-bond donors (Lipinski definition) is 0. The summed E-state index contributed by atoms with van der Waals surface area (Å²) in [4.78, 5) is 6.52. The number of nitrogens with zero attached hydrogens (tertiary/aromatic N) is 3. The molecule has 1 aromatic heterocycles. The molecule has 1 aromatic rings. The Hall–Kier alpha value is -0.980. The molecule has 2 fully saturated rings. The van der Waals surface area contributed by atoms with Gasteiger partial charge in [-0.3, -0.25) is 9.88 Å². The van der Waals surface area contributed by atoms with Gasteiger partial charge in [0.25, 0.3) is 0 Å². The van der Waals surface area contributed by atoms with Crippen LogP contribution in [0.3, 0.4) is 0 Å². The van der Waals surface area contributed by atoms with Gasteiger partial charge in [-0.05, 0) is 37.3 Å². The second-order valence-corrected chi connectivity index (χ2v) is 8.40. The van der Waals surface area contributed by atoms with Crippen LogP contribution >= 0.6 is 0 Å². The van der Waals surface area contributed by atoms with E-state index < -0.39 is 10.0 Å². The Kier molecular flexibility index (Phi) is 4.28. The predicted octanol–water partition coefficient (Wildman–Crippen LogP) is 1.47. The van der Waals surface area contributed by atoms with Crippen LogP contribution < -0.4 is 0 Å². The fraction of sp³-hybridized carbons (Fsp3) is 0.667. The summed E-state index contributed by atoms with van der Waals surface area (Å²) in [6.45, 7) is 2.80. The van der Waals surface area contributed by atoms with Gasteiger partial charge in [-0.15, -0.1) is 0 Å². The Morgan fingerprint density at radius 1 is 1.29 bits per heavy atom. The van der Waals surface area contributed by atoms with Crippen LogP contribution in [0.25, 0.3) is 0 Å². The van der Waals surface area contributed by atoms with Gasteiger partial charge in [0.1, 0.15) is 0 Å². The molecule has 1 aliphatic carbocycles. The molecule has 0 N–H and O–H groups in total. The Balaban J connectivity index is 1.53. The van der Waals surface area contributed by atoms with E-state index >= 15 is 0 Å². The molecule has 0 aromatic carbocycles. The standard InChI is InChI=1S/C15H23N3O2S/c1-17(21(19,20)15-4-5-15)14-6-9-18(10-7-14)12-13-3-2-8-16-11-13/h2-3,8,11,14-15H,4-7,9-10,12H2,1H3. The van der Waals surface area contributed by atoms with Gasteiger partial charge < -0.3 is 0 Å². The fourth-order valence-corrected chi connectivity index (χ4v) is 4.83. The number of sulfonamides is 1. The predicted molar refractivity (Wildman–Crippen MR) is 82.2 cm³/mol. The van der Waals surface area contributed by atoms with Crippen molar-refractivity contribution < 1.29 is 8.42 Å². The summed E-state index contributed by atoms with van der Waals surface area (Å²) in [5, 5.41) is -0.101. The maximum absolute atomic E-state index is 12.3. The summed E-state index contributed by atoms with van der Waals surface area (Å²) >= 11 is 0. The molecule has 1 saturated heterocycles. The summed E-state index contributed by atoms with van der Waals surface area (Å²) in [6, 6.07) is 4.21. The number of aromatic nitrogens is 1. The zero-order valence-corrected chi connectivity index (χ0v) is 13.3. The average Bonchev–Trinajstić information content (AvgIpc) is 3.33. The normalized spacial score (nSPS) is 21.8. The highest BCUT2D eigenvalue weighted by Gasteiger charge is 2.41. The van der Waals surface area contributed by atoms with E-state index in [1.54, 1.807) is 17.5 Å². The van der Waals surface area contributed by atoms with Crippen LogP contribution in [-0.2, 0) is 16.6 Å². The van der Waals surface area contributed by atoms with Gasteiger partial charge >= 0.3 is 0 Å². The quantitative estimate of drug-likeness (QED) is 0.826. The first-order valence-corrected chi connectivity index (χ1v) is 9.16. The van der Waals surface area contributed by atoms with Crippen molar-refractivity contribution >= 4 is 10.0 Å². The molecule has 0 bridgehead atoms. The van der Waals surface area contributed by atoms with Gasteiger partial charge in [0.2, 0.25) is 10.0 Å². The summed E-state index contributed by atoms with van der Waals surface area (Å²) < 4.78 is 26.2. The van der Waals surface area contributed by atoms with E-state index in [9.17, 15) is 8.42 Å². The van der Waals surface area contributed by atoms with E-state index in [0.717, 1.165) is 45.3 Å². The maximum Gasteiger partial charge on any atom is 0.216 e. The Bertz CT molecular complexity index is 564. The minimum atomic E-state index is -3.04. The molecule has 1 saturated carbocycles. The largest absolute Gasteiger partial charge is 0.299 e. The molecule has 2 heterocycles. The van der Waals surface area contributed by atoms with Crippen LogP contribution in [0.15, 0.2) is 24.5 Å². The molecular formula is C15H23N3O2S. The minimum Gasteiger partial charge on any atom is -0.299 e. The highest BCUT2D eigenvalue weighted by molar-refractivity contribution is 7.90. The lowest BCUT2D eigenvalue weighted by Gasteiger charge is -2.36. The second kappa shape index (κ2) is 6.02. The molecule has 0 radical (unpaired) electrons. The smallest absolute Gasteiger partial charge is 0.216 e. The van der Waals surface area contributed by atoms with E-state index in [1.807, 2.05) is 12.3 Å². The van der Waals surface area contributed by atoms with E-state index in [2.05, 4.69) is 16.0 Å². The number of piperidine rings is 1. The summed E-state index contributed by atoms with van der Waals surface area (Å²) in [6.07, 6.45) is 7.20. The van der Waals surface area contributed by atoms with Gasteiger partial charge in [-0.25, -0.2) is 12.7 Å². The van der Waals surface area contributed by atoms with Crippen molar-refractivity contribution in [2.75, 3.05) is 20.1 Å². The first-order valence-electron chi connectivity index (χ1n) is 7.65. The zero-order chi connectivity index (χ0) is 14.9. The van der Waals surface area contributed by atoms with Crippen LogP contribution in [0.1, 0.15) is 31.2 Å². The molecule has 0 spiro atoms. The molecule has 0 amide bonds. The maximum atomic E-state index is 12.3. The van der Waals surface area contributed by atoms with Gasteiger partial charge in [-0.2, -0.15) is 0 Å². The van der Waals surface area contributed by atoms with Crippen molar-refractivity contribution in [1.29, 1.82) is 0 Å². The summed E-state index contributed by atoms with van der Waals surface area (Å²) in [5.41, 5.74) is 1.22. The van der Waals surface area contributed by atoms with E-state index in [4.69, 9.17) is 0 Å². The van der Waals surface area contributed by atoms with Gasteiger partial charge in [-0.1, -0.05) is 6.07 Å². The van der Waals surface area contributed by atoms with Crippen LogP contribution in [0.2, 0.25) is 0 Å². The average molecular weight is 309 g/mol. The van der Waals surface area contributed by atoms with Gasteiger partial charge in [0.05, 0.1) is 5.25 Å². The highest BCUT2D eigenvalue weighted by Crippen LogP contribution is 2.32. The monoisotopic (exact) mass is 309 g/mol. The van der Waals surface area contributed by atoms with Crippen molar-refractivity contribution in [2.24, 2.45) is 0 Å². The second-order valence-electron chi connectivity index (χ2n) is 6.13. The van der Waals surface area contributed by atoms with Crippen molar-refractivity contribution in [1.82, 2.24) is 14.2 Å². The van der Waals surface area contributed by atoms with Crippen LogP contribution in [0.5, 0.6) is 0 Å². The van der Waals surface area contributed by atoms with Crippen molar-refractivity contribution in [2.45, 2.75) is 43.5 Å². The van der Waals surface area contributed by atoms with Crippen molar-refractivity contribution in [3.05, 3.63) is 30.1 Å². The molecule has 21 heavy (non-hydrogen) atoms. The number of likely N-dealkylation sites (tertiary alicyclic amines) is 1. The Morgan fingerprint density at radius 3 is 2.57 bits per heavy atom. The van der Waals surface area contributed by atoms with Gasteiger partial charge in [0, 0.05) is 45.1 Å². The summed E-state index contributed by atoms with van der Waals surface area (Å²) in [5.74, 6) is 0. The van der Waals surface area contributed by atoms with Crippen LogP contribution in [0, 0.1) is 0 Å². The third-order valence-corrected chi connectivity index (χ3v) is 6.96. The molecule has 6 heteroatoms. The molecule has 0 unspecified atom stereocenters. The molecular weight excluding hydrogens is 286 g/mol. The number of hydrogen-bond acceptors (Lipinski definition) is 4. The SMILES string of the molecule is CN(C1CCN(Cc2cccnc2)CC1)S(=O)(=O)C1CC1. The lowest BCUT2D eigenvalue weighted by Crippen LogP contribution is -2.46. The van der Waals surface area contributed by atoms with Crippen LogP contribution in [0.4, 0.5) is 0 Å². The zero-order valence-electron chi connectivity index (χ0n) is 12.5. The lowest BCUT2D eigenvalue weighted by molar-refractivity contribution is 0.163. The topological polar surface area (TPSA) is 53.5 Å². The Labute approximate surface area is 127 Å². The molecule has 5 nitrogen and oxygen atoms in total. The minimum absolute atomic E-state index is 0.101. The fourth-order valence-electron chi connectivity index (χ4n) is 3.00. The molecule has 116 valence electrons. The molecule has 1 aliphatic heterocycles. The van der Waals surface area contributed by atoms with Crippen molar-refractivity contribution in [3.63, 3.8) is 0 Å². The van der Waals surface area contributed by atoms with E-state index in [1.165, 1.54) is 5.56 Å². The summed E-state index contributed by atoms with van der Waals surface area (Å²) in [7, 11) is -1.28. The third-order valence-electron chi connectivity index (χ3n) is 4.55. The van der Waals surface area contributed by atoms with E-state index in [-0.39, 0.29) is 11.3 Å². The lowest BCUT2D eigenvalue weighted by atomic mass is 10.0. The highest BCUT2D eigenvalue weighted by atomic mass is 32.2. The number of rotatable bonds is 5. The van der Waals surface area contributed by atoms with Crippen LogP contribution in [-0.4, -0.2) is 54.0 Å². The molecule has 3 rings (SSSR count). The third kappa shape index (κ3) is 3.44. The molecule has 2 aliphatic rings. The van der Waals surface area contributed by atoms with Crippen molar-refractivity contribution in [3.8, 4) is 0 Å². The van der Waals surface area contributed by atoms with Gasteiger partial charge in [0.15, 0.2) is 0 Å². The van der Waals surface area contributed by atoms with E-state index in [0.29, 0.717) is 0 Å².